The van der Waals surface area contributed by atoms with Gasteiger partial charge in [-0.2, -0.15) is 0 Å². The molecule has 1 unspecified atom stereocenters. The Bertz CT molecular complexity index is 675. The number of nitrogens with one attached hydrogen (secondary N) is 2. The third kappa shape index (κ3) is 3.63. The second kappa shape index (κ2) is 7.06. The fourth-order valence-electron chi connectivity index (χ4n) is 1.70. The number of carbonyl (C=O) groups excluding carboxylic acids is 2. The van der Waals surface area contributed by atoms with E-state index >= 15 is 0 Å². The van der Waals surface area contributed by atoms with Crippen LogP contribution in [0.25, 0.3) is 0 Å². The maximum absolute atomic E-state index is 13.6. The number of hydrogen-bond acceptors (Lipinski definition) is 4. The van der Waals surface area contributed by atoms with Gasteiger partial charge in [-0.25, -0.2) is 4.39 Å². The molecule has 2 amide bonds. The van der Waals surface area contributed by atoms with Gasteiger partial charge in [-0.05, 0) is 24.3 Å². The number of benzene rings is 1. The smallest absolute Gasteiger partial charge is 0.313 e. The van der Waals surface area contributed by atoms with Crippen molar-refractivity contribution in [1.29, 1.82) is 0 Å². The summed E-state index contributed by atoms with van der Waals surface area (Å²) >= 11 is 5.58. The molecule has 8 heteroatoms. The first-order valence-corrected chi connectivity index (χ1v) is 6.61. The van der Waals surface area contributed by atoms with Crippen LogP contribution in [0.5, 0.6) is 0 Å². The van der Waals surface area contributed by atoms with E-state index in [1.165, 1.54) is 30.5 Å². The lowest BCUT2D eigenvalue weighted by atomic mass is 10.2. The summed E-state index contributed by atoms with van der Waals surface area (Å²) in [7, 11) is 0. The maximum Gasteiger partial charge on any atom is 0.313 e. The first kappa shape index (κ1) is 16.0. The molecule has 2 rings (SSSR count). The van der Waals surface area contributed by atoms with Crippen LogP contribution < -0.4 is 10.6 Å². The highest BCUT2D eigenvalue weighted by atomic mass is 35.5. The monoisotopic (exact) mass is 326 g/mol. The molecule has 2 aromatic rings. The van der Waals surface area contributed by atoms with Crippen LogP contribution in [-0.4, -0.2) is 23.5 Å². The van der Waals surface area contributed by atoms with Crippen molar-refractivity contribution in [2.75, 3.05) is 11.9 Å². The van der Waals surface area contributed by atoms with Crippen LogP contribution in [-0.2, 0) is 9.59 Å². The maximum atomic E-state index is 13.6. The van der Waals surface area contributed by atoms with Gasteiger partial charge < -0.3 is 20.2 Å². The Hall–Kier alpha value is -2.38. The molecule has 0 bridgehead atoms. The third-order valence-corrected chi connectivity index (χ3v) is 3.07. The van der Waals surface area contributed by atoms with Crippen LogP contribution >= 0.6 is 11.6 Å². The SMILES string of the molecule is O=C(Nc1cccc(Cl)c1F)C(=O)NC(CO)c1ccco1. The number of aliphatic hydroxyl groups is 1. The van der Waals surface area contributed by atoms with Crippen LogP contribution in [0.4, 0.5) is 10.1 Å². The Kier molecular flexibility index (Phi) is 5.13. The van der Waals surface area contributed by atoms with Gasteiger partial charge >= 0.3 is 11.8 Å². The molecule has 1 aromatic carbocycles. The normalized spacial score (nSPS) is 11.8. The summed E-state index contributed by atoms with van der Waals surface area (Å²) in [6.07, 6.45) is 1.37. The molecule has 0 radical (unpaired) electrons. The summed E-state index contributed by atoms with van der Waals surface area (Å²) in [4.78, 5) is 23.5. The van der Waals surface area contributed by atoms with Crippen molar-refractivity contribution in [3.05, 3.63) is 53.2 Å². The zero-order valence-electron chi connectivity index (χ0n) is 11.2. The van der Waals surface area contributed by atoms with Crippen molar-refractivity contribution < 1.29 is 23.5 Å². The van der Waals surface area contributed by atoms with Crippen molar-refractivity contribution in [2.24, 2.45) is 0 Å². The largest absolute Gasteiger partial charge is 0.467 e. The van der Waals surface area contributed by atoms with Gasteiger partial charge in [0.2, 0.25) is 0 Å². The number of carbonyl (C=O) groups is 2. The first-order chi connectivity index (χ1) is 10.5. The molecular formula is C14H12ClFN2O4. The minimum atomic E-state index is -1.09. The molecule has 0 aliphatic rings. The molecule has 0 saturated heterocycles. The van der Waals surface area contributed by atoms with E-state index in [4.69, 9.17) is 16.0 Å². The first-order valence-electron chi connectivity index (χ1n) is 6.23. The average molecular weight is 327 g/mol. The highest BCUT2D eigenvalue weighted by Gasteiger charge is 2.22. The van der Waals surface area contributed by atoms with Gasteiger partial charge in [0.25, 0.3) is 0 Å². The predicted molar refractivity (Wildman–Crippen MR) is 76.7 cm³/mol. The molecule has 0 saturated carbocycles. The van der Waals surface area contributed by atoms with E-state index in [0.29, 0.717) is 0 Å². The van der Waals surface area contributed by atoms with Gasteiger partial charge in [-0.3, -0.25) is 9.59 Å². The summed E-state index contributed by atoms with van der Waals surface area (Å²) in [5.41, 5.74) is -0.216. The molecule has 0 aliphatic heterocycles. The number of rotatable bonds is 4. The summed E-state index contributed by atoms with van der Waals surface area (Å²) in [5.74, 6) is -2.69. The average Bonchev–Trinajstić information content (AvgIpc) is 3.03. The van der Waals surface area contributed by atoms with Crippen molar-refractivity contribution in [3.8, 4) is 0 Å². The van der Waals surface area contributed by atoms with Crippen molar-refractivity contribution in [2.45, 2.75) is 6.04 Å². The van der Waals surface area contributed by atoms with Crippen LogP contribution in [0, 0.1) is 5.82 Å². The van der Waals surface area contributed by atoms with E-state index in [-0.39, 0.29) is 16.5 Å². The summed E-state index contributed by atoms with van der Waals surface area (Å²) in [6, 6.07) is 6.24. The van der Waals surface area contributed by atoms with Gasteiger partial charge in [0.15, 0.2) is 5.82 Å². The Balaban J connectivity index is 2.03. The molecule has 22 heavy (non-hydrogen) atoms. The van der Waals surface area contributed by atoms with Gasteiger partial charge in [0.1, 0.15) is 11.8 Å². The van der Waals surface area contributed by atoms with Crippen molar-refractivity contribution >= 4 is 29.1 Å². The third-order valence-electron chi connectivity index (χ3n) is 2.78. The highest BCUT2D eigenvalue weighted by Crippen LogP contribution is 2.22. The topological polar surface area (TPSA) is 91.6 Å². The Labute approximate surface area is 129 Å². The lowest BCUT2D eigenvalue weighted by Gasteiger charge is -2.13. The van der Waals surface area contributed by atoms with Crippen LogP contribution in [0.15, 0.2) is 41.0 Å². The number of hydrogen-bond donors (Lipinski definition) is 3. The molecule has 1 aromatic heterocycles. The van der Waals surface area contributed by atoms with Gasteiger partial charge in [-0.1, -0.05) is 17.7 Å². The van der Waals surface area contributed by atoms with Gasteiger partial charge in [-0.15, -0.1) is 0 Å². The second-order valence-corrected chi connectivity index (χ2v) is 4.69. The Morgan fingerprint density at radius 2 is 2.05 bits per heavy atom. The fourth-order valence-corrected chi connectivity index (χ4v) is 1.87. The minimum Gasteiger partial charge on any atom is -0.467 e. The van der Waals surface area contributed by atoms with Crippen molar-refractivity contribution in [1.82, 2.24) is 5.32 Å². The molecule has 6 nitrogen and oxygen atoms in total. The molecule has 116 valence electrons. The van der Waals surface area contributed by atoms with E-state index in [9.17, 15) is 19.1 Å². The molecule has 0 fully saturated rings. The van der Waals surface area contributed by atoms with Crippen molar-refractivity contribution in [3.63, 3.8) is 0 Å². The van der Waals surface area contributed by atoms with Crippen LogP contribution in [0.3, 0.4) is 0 Å². The zero-order chi connectivity index (χ0) is 16.1. The zero-order valence-corrected chi connectivity index (χ0v) is 11.9. The number of aliphatic hydroxyl groups excluding tert-OH is 1. The predicted octanol–water partition coefficient (Wildman–Crippen LogP) is 1.86. The molecule has 3 N–H and O–H groups in total. The summed E-state index contributed by atoms with van der Waals surface area (Å²) < 4.78 is 18.7. The standard InChI is InChI=1S/C14H12ClFN2O4/c15-8-3-1-4-9(12(8)16)17-13(20)14(21)18-10(7-19)11-5-2-6-22-11/h1-6,10,19H,7H2,(H,17,20)(H,18,21). The molecule has 0 aliphatic carbocycles. The summed E-state index contributed by atoms with van der Waals surface area (Å²) in [6.45, 7) is -0.460. The molecule has 0 spiro atoms. The lowest BCUT2D eigenvalue weighted by Crippen LogP contribution is -2.39. The number of furan rings is 1. The lowest BCUT2D eigenvalue weighted by molar-refractivity contribution is -0.136. The Morgan fingerprint density at radius 3 is 2.68 bits per heavy atom. The molecule has 1 heterocycles. The van der Waals surface area contributed by atoms with Crippen LogP contribution in [0.1, 0.15) is 11.8 Å². The number of halogens is 2. The number of amides is 2. The quantitative estimate of drug-likeness (QED) is 0.748. The Morgan fingerprint density at radius 1 is 1.27 bits per heavy atom. The van der Waals surface area contributed by atoms with E-state index in [1.807, 2.05) is 0 Å². The fraction of sp³-hybridized carbons (Fsp3) is 0.143. The van der Waals surface area contributed by atoms with Crippen LogP contribution in [0.2, 0.25) is 5.02 Å². The van der Waals surface area contributed by atoms with E-state index in [1.54, 1.807) is 6.07 Å². The minimum absolute atomic E-state index is 0.179. The van der Waals surface area contributed by atoms with Gasteiger partial charge in [0.05, 0.1) is 23.6 Å². The second-order valence-electron chi connectivity index (χ2n) is 4.28. The van der Waals surface area contributed by atoms with Gasteiger partial charge in [0, 0.05) is 0 Å². The number of anilines is 1. The van der Waals surface area contributed by atoms with E-state index < -0.39 is 30.3 Å². The molecule has 1 atom stereocenters. The summed E-state index contributed by atoms with van der Waals surface area (Å²) in [5, 5.41) is 13.4. The van der Waals surface area contributed by atoms with E-state index in [0.717, 1.165) is 0 Å². The van der Waals surface area contributed by atoms with E-state index in [2.05, 4.69) is 10.6 Å². The molecular weight excluding hydrogens is 315 g/mol. The highest BCUT2D eigenvalue weighted by molar-refractivity contribution is 6.40.